The van der Waals surface area contributed by atoms with Gasteiger partial charge in [-0.25, -0.2) is 0 Å². The molecule has 0 radical (unpaired) electrons. The van der Waals surface area contributed by atoms with Crippen molar-refractivity contribution in [2.24, 2.45) is 0 Å². The van der Waals surface area contributed by atoms with Crippen LogP contribution in [0.5, 0.6) is 0 Å². The van der Waals surface area contributed by atoms with Crippen LogP contribution >= 0.6 is 11.3 Å². The Balaban J connectivity index is 1.25. The Morgan fingerprint density at radius 1 is 1.31 bits per heavy atom. The summed E-state index contributed by atoms with van der Waals surface area (Å²) in [5.41, 5.74) is 0.991. The maximum atomic E-state index is 12.3. The first kappa shape index (κ1) is 20.0. The van der Waals surface area contributed by atoms with Gasteiger partial charge in [0.25, 0.3) is 0 Å². The molecule has 2 aliphatic rings. The van der Waals surface area contributed by atoms with Crippen LogP contribution in [0.3, 0.4) is 0 Å². The molecule has 154 valence electrons. The Labute approximate surface area is 174 Å². The molecule has 0 unspecified atom stereocenters. The van der Waals surface area contributed by atoms with E-state index in [1.807, 2.05) is 12.1 Å². The fourth-order valence-corrected chi connectivity index (χ4v) is 4.79. The van der Waals surface area contributed by atoms with Gasteiger partial charge in [-0.2, -0.15) is 0 Å². The van der Waals surface area contributed by atoms with Crippen molar-refractivity contribution in [1.82, 2.24) is 25.8 Å². The normalized spacial score (nSPS) is 24.1. The minimum atomic E-state index is -0.0898. The first-order chi connectivity index (χ1) is 14.2. The molecule has 3 atom stereocenters. The Hall–Kier alpha value is -2.29. The van der Waals surface area contributed by atoms with Gasteiger partial charge in [0.05, 0.1) is 6.04 Å². The van der Waals surface area contributed by atoms with Crippen molar-refractivity contribution in [2.75, 3.05) is 13.1 Å². The summed E-state index contributed by atoms with van der Waals surface area (Å²) in [5, 5.41) is 11.7. The average Bonchev–Trinajstić information content (AvgIpc) is 3.41. The van der Waals surface area contributed by atoms with Crippen molar-refractivity contribution < 1.29 is 9.59 Å². The highest BCUT2D eigenvalue weighted by atomic mass is 32.1. The molecule has 2 saturated heterocycles. The van der Waals surface area contributed by atoms with Gasteiger partial charge < -0.3 is 16.0 Å². The number of hydrogen-bond acceptors (Lipinski definition) is 6. The fourth-order valence-electron chi connectivity index (χ4n) is 4.14. The number of nitrogens with zero attached hydrogens (tertiary/aromatic N) is 2. The van der Waals surface area contributed by atoms with Crippen LogP contribution < -0.4 is 16.0 Å². The van der Waals surface area contributed by atoms with Crippen LogP contribution in [0.15, 0.2) is 42.0 Å². The topological polar surface area (TPSA) is 86.4 Å². The summed E-state index contributed by atoms with van der Waals surface area (Å²) < 4.78 is 0. The number of pyridine rings is 1. The quantitative estimate of drug-likeness (QED) is 0.607. The van der Waals surface area contributed by atoms with E-state index < -0.39 is 0 Å². The SMILES string of the molecule is O=C(CC[C@H]1CNC(=O)[C@H]2C[C@H](NCc3cccs3)CN12)NCc1cccnc1. The summed E-state index contributed by atoms with van der Waals surface area (Å²) in [6.07, 6.45) is 5.50. The van der Waals surface area contributed by atoms with Gasteiger partial charge in [-0.3, -0.25) is 19.5 Å². The first-order valence-corrected chi connectivity index (χ1v) is 11.0. The summed E-state index contributed by atoms with van der Waals surface area (Å²) in [5.74, 6) is 0.150. The maximum absolute atomic E-state index is 12.3. The second-order valence-corrected chi connectivity index (χ2v) is 8.71. The van der Waals surface area contributed by atoms with Crippen molar-refractivity contribution in [3.8, 4) is 0 Å². The predicted octanol–water partition coefficient (Wildman–Crippen LogP) is 1.27. The van der Waals surface area contributed by atoms with E-state index in [0.29, 0.717) is 25.6 Å². The van der Waals surface area contributed by atoms with Crippen LogP contribution in [0.2, 0.25) is 0 Å². The number of rotatable bonds is 8. The lowest BCUT2D eigenvalue weighted by atomic mass is 10.0. The van der Waals surface area contributed by atoms with Crippen LogP contribution in [0.1, 0.15) is 29.7 Å². The summed E-state index contributed by atoms with van der Waals surface area (Å²) in [6, 6.07) is 8.41. The summed E-state index contributed by atoms with van der Waals surface area (Å²) in [4.78, 5) is 32.3. The minimum absolute atomic E-state index is 0.0360. The number of hydrogen-bond donors (Lipinski definition) is 3. The molecule has 29 heavy (non-hydrogen) atoms. The van der Waals surface area contributed by atoms with E-state index in [-0.39, 0.29) is 23.9 Å². The number of piperazine rings is 1. The van der Waals surface area contributed by atoms with Gasteiger partial charge in [0.1, 0.15) is 0 Å². The van der Waals surface area contributed by atoms with Crippen molar-refractivity contribution in [3.63, 3.8) is 0 Å². The third-order valence-electron chi connectivity index (χ3n) is 5.69. The molecule has 0 aromatic carbocycles. The first-order valence-electron chi connectivity index (χ1n) is 10.1. The third kappa shape index (κ3) is 5.20. The van der Waals surface area contributed by atoms with Crippen molar-refractivity contribution in [3.05, 3.63) is 52.5 Å². The lowest BCUT2D eigenvalue weighted by Gasteiger charge is -2.37. The molecule has 2 fully saturated rings. The van der Waals surface area contributed by atoms with Crippen LogP contribution in [-0.2, 0) is 22.7 Å². The number of aromatic nitrogens is 1. The number of amides is 2. The summed E-state index contributed by atoms with van der Waals surface area (Å²) in [7, 11) is 0. The van der Waals surface area contributed by atoms with Gasteiger partial charge in [-0.05, 0) is 35.9 Å². The third-order valence-corrected chi connectivity index (χ3v) is 6.56. The van der Waals surface area contributed by atoms with Crippen LogP contribution in [0.4, 0.5) is 0 Å². The zero-order valence-electron chi connectivity index (χ0n) is 16.3. The minimum Gasteiger partial charge on any atom is -0.353 e. The number of carbonyl (C=O) groups excluding carboxylic acids is 2. The molecule has 0 saturated carbocycles. The van der Waals surface area contributed by atoms with E-state index in [9.17, 15) is 9.59 Å². The smallest absolute Gasteiger partial charge is 0.237 e. The van der Waals surface area contributed by atoms with Gasteiger partial charge in [0.2, 0.25) is 11.8 Å². The molecule has 2 aromatic heterocycles. The molecular formula is C21H27N5O2S. The monoisotopic (exact) mass is 413 g/mol. The molecule has 3 N–H and O–H groups in total. The number of fused-ring (bicyclic) bond motifs is 1. The molecule has 2 aliphatic heterocycles. The molecule has 4 heterocycles. The van der Waals surface area contributed by atoms with Crippen LogP contribution in [-0.4, -0.2) is 52.9 Å². The van der Waals surface area contributed by atoms with Crippen molar-refractivity contribution >= 4 is 23.2 Å². The van der Waals surface area contributed by atoms with E-state index in [0.717, 1.165) is 31.5 Å². The molecule has 7 nitrogen and oxygen atoms in total. The molecular weight excluding hydrogens is 386 g/mol. The highest BCUT2D eigenvalue weighted by Crippen LogP contribution is 2.26. The second kappa shape index (κ2) is 9.47. The largest absolute Gasteiger partial charge is 0.353 e. The van der Waals surface area contributed by atoms with E-state index in [2.05, 4.69) is 43.3 Å². The zero-order chi connectivity index (χ0) is 20.1. The van der Waals surface area contributed by atoms with E-state index >= 15 is 0 Å². The van der Waals surface area contributed by atoms with E-state index in [1.54, 1.807) is 23.7 Å². The highest BCUT2D eigenvalue weighted by Gasteiger charge is 2.43. The molecule has 2 aromatic rings. The van der Waals surface area contributed by atoms with Crippen molar-refractivity contribution in [2.45, 2.75) is 50.5 Å². The fraction of sp³-hybridized carbons (Fsp3) is 0.476. The predicted molar refractivity (Wildman–Crippen MR) is 112 cm³/mol. The zero-order valence-corrected chi connectivity index (χ0v) is 17.2. The molecule has 4 rings (SSSR count). The Morgan fingerprint density at radius 2 is 2.24 bits per heavy atom. The highest BCUT2D eigenvalue weighted by molar-refractivity contribution is 7.09. The Morgan fingerprint density at radius 3 is 3.03 bits per heavy atom. The molecule has 0 aliphatic carbocycles. The van der Waals surface area contributed by atoms with Gasteiger partial charge in [-0.15, -0.1) is 11.3 Å². The Bertz CT molecular complexity index is 814. The van der Waals surface area contributed by atoms with Gasteiger partial charge >= 0.3 is 0 Å². The summed E-state index contributed by atoms with van der Waals surface area (Å²) in [6.45, 7) is 2.80. The van der Waals surface area contributed by atoms with Gasteiger partial charge in [0, 0.05) is 62.0 Å². The second-order valence-electron chi connectivity index (χ2n) is 7.68. The molecule has 0 bridgehead atoms. The molecule has 0 spiro atoms. The molecule has 2 amide bonds. The van der Waals surface area contributed by atoms with Crippen molar-refractivity contribution in [1.29, 1.82) is 0 Å². The summed E-state index contributed by atoms with van der Waals surface area (Å²) >= 11 is 1.74. The van der Waals surface area contributed by atoms with Gasteiger partial charge in [0.15, 0.2) is 0 Å². The lowest BCUT2D eigenvalue weighted by molar-refractivity contribution is -0.129. The lowest BCUT2D eigenvalue weighted by Crippen LogP contribution is -2.58. The van der Waals surface area contributed by atoms with Crippen LogP contribution in [0, 0.1) is 0 Å². The van der Waals surface area contributed by atoms with E-state index in [1.165, 1.54) is 4.88 Å². The average molecular weight is 414 g/mol. The number of carbonyl (C=O) groups is 2. The maximum Gasteiger partial charge on any atom is 0.237 e. The van der Waals surface area contributed by atoms with Crippen LogP contribution in [0.25, 0.3) is 0 Å². The number of nitrogens with one attached hydrogen (secondary N) is 3. The molecule has 8 heteroatoms. The standard InChI is InChI=1S/C21H27N5O2S/c27-20(24-11-15-3-1-7-22-10-15)6-5-17-12-25-21(28)19-9-16(14-26(17)19)23-13-18-4-2-8-29-18/h1-4,7-8,10,16-17,19,23H,5-6,9,11-14H2,(H,24,27)(H,25,28)/t16-,17-,19+/m0/s1. The van der Waals surface area contributed by atoms with Gasteiger partial charge in [-0.1, -0.05) is 12.1 Å². The van der Waals surface area contributed by atoms with E-state index in [4.69, 9.17) is 0 Å². The Kier molecular flexibility index (Phi) is 6.53. The number of thiophene rings is 1.